The van der Waals surface area contributed by atoms with Gasteiger partial charge in [-0.2, -0.15) is 0 Å². The lowest BCUT2D eigenvalue weighted by Gasteiger charge is -2.36. The second kappa shape index (κ2) is 9.30. The molecule has 1 atom stereocenters. The lowest BCUT2D eigenvalue weighted by Crippen LogP contribution is -2.53. The van der Waals surface area contributed by atoms with Gasteiger partial charge in [-0.1, -0.05) is 0 Å². The van der Waals surface area contributed by atoms with Gasteiger partial charge < -0.3 is 24.8 Å². The molecule has 0 saturated carbocycles. The topological polar surface area (TPSA) is 82.2 Å². The quantitative estimate of drug-likeness (QED) is 0.729. The largest absolute Gasteiger partial charge is 0.497 e. The van der Waals surface area contributed by atoms with E-state index in [0.717, 1.165) is 17.1 Å². The van der Waals surface area contributed by atoms with Crippen LogP contribution in [0.1, 0.15) is 23.7 Å². The Hall–Kier alpha value is -3.55. The van der Waals surface area contributed by atoms with Gasteiger partial charge in [-0.25, -0.2) is 4.79 Å². The van der Waals surface area contributed by atoms with Crippen LogP contribution in [-0.4, -0.2) is 68.5 Å². The summed E-state index contributed by atoms with van der Waals surface area (Å²) in [4.78, 5) is 42.4. The van der Waals surface area contributed by atoms with Crippen LogP contribution in [0.3, 0.4) is 0 Å². The monoisotopic (exact) mass is 436 g/mol. The van der Waals surface area contributed by atoms with E-state index in [1.807, 2.05) is 48.5 Å². The molecule has 2 saturated heterocycles. The number of methoxy groups -OCH3 is 1. The average molecular weight is 437 g/mol. The Balaban J connectivity index is 1.28. The maximum atomic E-state index is 12.8. The van der Waals surface area contributed by atoms with Crippen molar-refractivity contribution in [2.24, 2.45) is 0 Å². The second-order valence-electron chi connectivity index (χ2n) is 8.13. The van der Waals surface area contributed by atoms with Crippen LogP contribution < -0.4 is 19.9 Å². The number of hydrogen-bond donors (Lipinski definition) is 1. The van der Waals surface area contributed by atoms with Crippen LogP contribution in [0.25, 0.3) is 0 Å². The Morgan fingerprint density at radius 2 is 1.56 bits per heavy atom. The van der Waals surface area contributed by atoms with Crippen molar-refractivity contribution in [3.8, 4) is 5.75 Å². The second-order valence-corrected chi connectivity index (χ2v) is 8.13. The van der Waals surface area contributed by atoms with Gasteiger partial charge in [0.05, 0.1) is 13.2 Å². The van der Waals surface area contributed by atoms with E-state index in [1.165, 1.54) is 0 Å². The summed E-state index contributed by atoms with van der Waals surface area (Å²) in [5.41, 5.74) is 2.55. The van der Waals surface area contributed by atoms with E-state index in [4.69, 9.17) is 4.74 Å². The summed E-state index contributed by atoms with van der Waals surface area (Å²) >= 11 is 0. The zero-order valence-electron chi connectivity index (χ0n) is 18.4. The van der Waals surface area contributed by atoms with Crippen molar-refractivity contribution in [3.63, 3.8) is 0 Å². The molecule has 0 unspecified atom stereocenters. The number of urea groups is 1. The minimum Gasteiger partial charge on any atom is -0.497 e. The number of carbonyl (C=O) groups is 3. The Morgan fingerprint density at radius 1 is 0.938 bits per heavy atom. The van der Waals surface area contributed by atoms with Crippen molar-refractivity contribution in [2.75, 3.05) is 49.6 Å². The summed E-state index contributed by atoms with van der Waals surface area (Å²) in [5, 5.41) is 3.02. The van der Waals surface area contributed by atoms with Gasteiger partial charge in [-0.3, -0.25) is 9.59 Å². The molecule has 2 aliphatic rings. The maximum absolute atomic E-state index is 12.8. The minimum absolute atomic E-state index is 0.000654. The highest BCUT2D eigenvalue weighted by Gasteiger charge is 2.33. The number of rotatable bonds is 5. The molecule has 2 aromatic rings. The summed E-state index contributed by atoms with van der Waals surface area (Å²) in [6, 6.07) is 14.6. The number of piperazine rings is 1. The van der Waals surface area contributed by atoms with Crippen LogP contribution in [0, 0.1) is 0 Å². The molecule has 168 valence electrons. The molecule has 8 nitrogen and oxygen atoms in total. The van der Waals surface area contributed by atoms with Crippen LogP contribution in [0.4, 0.5) is 16.2 Å². The van der Waals surface area contributed by atoms with E-state index < -0.39 is 0 Å². The first-order valence-corrected chi connectivity index (χ1v) is 10.8. The number of benzene rings is 2. The van der Waals surface area contributed by atoms with Gasteiger partial charge in [-0.05, 0) is 55.5 Å². The molecule has 0 aliphatic carbocycles. The third kappa shape index (κ3) is 4.69. The number of carbonyl (C=O) groups excluding carboxylic acids is 3. The van der Waals surface area contributed by atoms with Crippen molar-refractivity contribution < 1.29 is 19.1 Å². The van der Waals surface area contributed by atoms with Crippen LogP contribution in [-0.2, 0) is 4.79 Å². The summed E-state index contributed by atoms with van der Waals surface area (Å²) < 4.78 is 5.17. The van der Waals surface area contributed by atoms with E-state index in [-0.39, 0.29) is 23.8 Å². The molecule has 0 bridgehead atoms. The Kier molecular flexibility index (Phi) is 6.30. The predicted octanol–water partition coefficient (Wildman–Crippen LogP) is 2.53. The maximum Gasteiger partial charge on any atom is 0.317 e. The summed E-state index contributed by atoms with van der Waals surface area (Å²) in [6.45, 7) is 4.65. The van der Waals surface area contributed by atoms with Gasteiger partial charge in [-0.15, -0.1) is 0 Å². The van der Waals surface area contributed by atoms with Gasteiger partial charge in [0.25, 0.3) is 0 Å². The smallest absolute Gasteiger partial charge is 0.317 e. The number of ether oxygens (including phenoxy) is 1. The van der Waals surface area contributed by atoms with Gasteiger partial charge in [0.1, 0.15) is 5.75 Å². The van der Waals surface area contributed by atoms with Crippen molar-refractivity contribution in [1.29, 1.82) is 0 Å². The standard InChI is InChI=1S/C24H28N4O4/c1-17(29)18-3-5-20(6-4-18)26-11-13-27(14-12-26)24(31)25-19-15-23(30)28(16-19)21-7-9-22(32-2)10-8-21/h3-10,19H,11-16H2,1-2H3,(H,25,31)/t19-/m0/s1. The number of nitrogens with one attached hydrogen (secondary N) is 1. The first-order chi connectivity index (χ1) is 15.4. The molecule has 2 fully saturated rings. The van der Waals surface area contributed by atoms with E-state index in [2.05, 4.69) is 10.2 Å². The third-order valence-corrected chi connectivity index (χ3v) is 6.04. The molecule has 0 radical (unpaired) electrons. The van der Waals surface area contributed by atoms with Crippen LogP contribution in [0.2, 0.25) is 0 Å². The van der Waals surface area contributed by atoms with E-state index in [0.29, 0.717) is 44.7 Å². The lowest BCUT2D eigenvalue weighted by atomic mass is 10.1. The van der Waals surface area contributed by atoms with Crippen LogP contribution >= 0.6 is 0 Å². The van der Waals surface area contributed by atoms with Gasteiger partial charge in [0, 0.05) is 56.1 Å². The predicted molar refractivity (Wildman–Crippen MR) is 123 cm³/mol. The molecule has 3 amide bonds. The van der Waals surface area contributed by atoms with Crippen molar-refractivity contribution in [2.45, 2.75) is 19.4 Å². The first kappa shape index (κ1) is 21.7. The molecule has 1 N–H and O–H groups in total. The van der Waals surface area contributed by atoms with Gasteiger partial charge >= 0.3 is 6.03 Å². The molecule has 32 heavy (non-hydrogen) atoms. The van der Waals surface area contributed by atoms with Crippen LogP contribution in [0.15, 0.2) is 48.5 Å². The minimum atomic E-state index is -0.214. The third-order valence-electron chi connectivity index (χ3n) is 6.04. The zero-order valence-corrected chi connectivity index (χ0v) is 18.4. The van der Waals surface area contributed by atoms with E-state index in [1.54, 1.807) is 23.8 Å². The fraction of sp³-hybridized carbons (Fsp3) is 0.375. The van der Waals surface area contributed by atoms with Crippen molar-refractivity contribution in [1.82, 2.24) is 10.2 Å². The Morgan fingerprint density at radius 3 is 2.16 bits per heavy atom. The highest BCUT2D eigenvalue weighted by atomic mass is 16.5. The lowest BCUT2D eigenvalue weighted by molar-refractivity contribution is -0.117. The Labute approximate surface area is 187 Å². The molecule has 2 aliphatic heterocycles. The fourth-order valence-electron chi connectivity index (χ4n) is 4.16. The SMILES string of the molecule is COc1ccc(N2C[C@@H](NC(=O)N3CCN(c4ccc(C(C)=O)cc4)CC3)CC2=O)cc1. The molecular formula is C24H28N4O4. The number of anilines is 2. The molecule has 2 heterocycles. The molecule has 8 heteroatoms. The van der Waals surface area contributed by atoms with Gasteiger partial charge in [0.2, 0.25) is 5.91 Å². The number of hydrogen-bond acceptors (Lipinski definition) is 5. The normalized spacial score (nSPS) is 18.6. The molecule has 4 rings (SSSR count). The number of Topliss-reactive ketones (excluding diaryl/α,β-unsaturated/α-hetero) is 1. The Bertz CT molecular complexity index is 982. The molecule has 0 aromatic heterocycles. The first-order valence-electron chi connectivity index (χ1n) is 10.8. The van der Waals surface area contributed by atoms with Crippen molar-refractivity contribution >= 4 is 29.1 Å². The highest BCUT2D eigenvalue weighted by molar-refractivity contribution is 5.97. The summed E-state index contributed by atoms with van der Waals surface area (Å²) in [6.07, 6.45) is 0.292. The van der Waals surface area contributed by atoms with E-state index >= 15 is 0 Å². The zero-order chi connectivity index (χ0) is 22.7. The summed E-state index contributed by atoms with van der Waals surface area (Å²) in [5.74, 6) is 0.785. The average Bonchev–Trinajstić information content (AvgIpc) is 3.19. The number of nitrogens with zero attached hydrogens (tertiary/aromatic N) is 3. The van der Waals surface area contributed by atoms with Gasteiger partial charge in [0.15, 0.2) is 5.78 Å². The number of ketones is 1. The summed E-state index contributed by atoms with van der Waals surface area (Å²) in [7, 11) is 1.60. The van der Waals surface area contributed by atoms with Crippen LogP contribution in [0.5, 0.6) is 5.75 Å². The molecular weight excluding hydrogens is 408 g/mol. The fourth-order valence-corrected chi connectivity index (χ4v) is 4.16. The highest BCUT2D eigenvalue weighted by Crippen LogP contribution is 2.24. The molecule has 0 spiro atoms. The van der Waals surface area contributed by atoms with Crippen molar-refractivity contribution in [3.05, 3.63) is 54.1 Å². The molecule has 2 aromatic carbocycles. The number of amides is 3. The van der Waals surface area contributed by atoms with E-state index in [9.17, 15) is 14.4 Å².